The van der Waals surface area contributed by atoms with E-state index < -0.39 is 41.9 Å². The molecule has 0 saturated heterocycles. The van der Waals surface area contributed by atoms with Gasteiger partial charge in [-0.05, 0) is 25.1 Å². The number of amides is 2. The van der Waals surface area contributed by atoms with Gasteiger partial charge in [-0.1, -0.05) is 18.2 Å². The van der Waals surface area contributed by atoms with Crippen LogP contribution in [0.25, 0.3) is 0 Å². The van der Waals surface area contributed by atoms with Crippen LogP contribution in [-0.4, -0.2) is 18.4 Å². The van der Waals surface area contributed by atoms with Crippen molar-refractivity contribution in [3.8, 4) is 0 Å². The van der Waals surface area contributed by atoms with Crippen LogP contribution in [0.15, 0.2) is 42.5 Å². The van der Waals surface area contributed by atoms with Gasteiger partial charge < -0.3 is 10.6 Å². The second kappa shape index (κ2) is 7.63. The highest BCUT2D eigenvalue weighted by Crippen LogP contribution is 2.17. The lowest BCUT2D eigenvalue weighted by atomic mass is 10.1. The molecule has 126 valence electrons. The minimum absolute atomic E-state index is 0.116. The molecule has 0 bridgehead atoms. The van der Waals surface area contributed by atoms with E-state index in [0.29, 0.717) is 0 Å². The number of benzene rings is 2. The van der Waals surface area contributed by atoms with Gasteiger partial charge in [-0.3, -0.25) is 9.59 Å². The molecule has 2 N–H and O–H groups in total. The highest BCUT2D eigenvalue weighted by molar-refractivity contribution is 5.96. The Morgan fingerprint density at radius 1 is 1.04 bits per heavy atom. The molecule has 2 amide bonds. The highest BCUT2D eigenvalue weighted by atomic mass is 19.1. The largest absolute Gasteiger partial charge is 0.348 e. The molecule has 0 heterocycles. The Morgan fingerprint density at radius 2 is 1.75 bits per heavy atom. The summed E-state index contributed by atoms with van der Waals surface area (Å²) in [6, 6.07) is 7.68. The molecule has 0 unspecified atom stereocenters. The monoisotopic (exact) mass is 336 g/mol. The van der Waals surface area contributed by atoms with E-state index in [4.69, 9.17) is 0 Å². The molecular formula is C17H15F3N2O2. The molecule has 2 aromatic carbocycles. The molecule has 2 rings (SSSR count). The molecule has 0 fully saturated rings. The maximum Gasteiger partial charge on any atom is 0.254 e. The molecule has 7 heteroatoms. The number of halogens is 3. The molecular weight excluding hydrogens is 321 g/mol. The van der Waals surface area contributed by atoms with Crippen LogP contribution >= 0.6 is 0 Å². The zero-order chi connectivity index (χ0) is 17.7. The van der Waals surface area contributed by atoms with Crippen LogP contribution in [0.5, 0.6) is 0 Å². The molecule has 0 aromatic heterocycles. The predicted molar refractivity (Wildman–Crippen MR) is 81.6 cm³/mol. The zero-order valence-corrected chi connectivity index (χ0v) is 12.8. The lowest BCUT2D eigenvalue weighted by Crippen LogP contribution is -2.38. The Labute approximate surface area is 136 Å². The Kier molecular flexibility index (Phi) is 5.57. The molecule has 0 aliphatic heterocycles. The van der Waals surface area contributed by atoms with Crippen molar-refractivity contribution < 1.29 is 22.8 Å². The van der Waals surface area contributed by atoms with Crippen molar-refractivity contribution in [3.05, 3.63) is 71.0 Å². The lowest BCUT2D eigenvalue weighted by molar-refractivity contribution is -0.120. The minimum Gasteiger partial charge on any atom is -0.348 e. The average Bonchev–Trinajstić information content (AvgIpc) is 2.52. The Hall–Kier alpha value is -2.83. The summed E-state index contributed by atoms with van der Waals surface area (Å²) in [4.78, 5) is 23.6. The van der Waals surface area contributed by atoms with Gasteiger partial charge in [-0.2, -0.15) is 0 Å². The third kappa shape index (κ3) is 4.34. The van der Waals surface area contributed by atoms with Gasteiger partial charge in [-0.15, -0.1) is 0 Å². The van der Waals surface area contributed by atoms with Crippen LogP contribution < -0.4 is 10.6 Å². The topological polar surface area (TPSA) is 58.2 Å². The lowest BCUT2D eigenvalue weighted by Gasteiger charge is -2.15. The van der Waals surface area contributed by atoms with Crippen molar-refractivity contribution in [2.75, 3.05) is 6.54 Å². The number of carbonyl (C=O) groups is 2. The van der Waals surface area contributed by atoms with Crippen molar-refractivity contribution in [3.63, 3.8) is 0 Å². The summed E-state index contributed by atoms with van der Waals surface area (Å²) >= 11 is 0. The normalized spacial score (nSPS) is 11.7. The fraction of sp³-hybridized carbons (Fsp3) is 0.176. The summed E-state index contributed by atoms with van der Waals surface area (Å²) in [5.41, 5.74) is -0.0619. The van der Waals surface area contributed by atoms with E-state index in [1.165, 1.54) is 31.2 Å². The van der Waals surface area contributed by atoms with Gasteiger partial charge in [-0.25, -0.2) is 13.2 Å². The van der Waals surface area contributed by atoms with E-state index in [1.54, 1.807) is 0 Å². The van der Waals surface area contributed by atoms with Crippen LogP contribution in [0.2, 0.25) is 0 Å². The SMILES string of the molecule is C[C@H](NC(=O)CNC(=O)c1ccccc1F)c1ccc(F)cc1F. The molecule has 24 heavy (non-hydrogen) atoms. The van der Waals surface area contributed by atoms with Gasteiger partial charge in [0.1, 0.15) is 17.5 Å². The fourth-order valence-corrected chi connectivity index (χ4v) is 2.12. The van der Waals surface area contributed by atoms with Gasteiger partial charge in [0.2, 0.25) is 5.91 Å². The molecule has 1 atom stereocenters. The summed E-state index contributed by atoms with van der Waals surface area (Å²) in [5.74, 6) is -3.51. The maximum atomic E-state index is 13.6. The number of hydrogen-bond acceptors (Lipinski definition) is 2. The number of hydrogen-bond donors (Lipinski definition) is 2. The second-order valence-electron chi connectivity index (χ2n) is 5.12. The molecule has 0 aliphatic carbocycles. The van der Waals surface area contributed by atoms with E-state index in [9.17, 15) is 22.8 Å². The van der Waals surface area contributed by atoms with Gasteiger partial charge in [0.25, 0.3) is 5.91 Å². The zero-order valence-electron chi connectivity index (χ0n) is 12.8. The van der Waals surface area contributed by atoms with Gasteiger partial charge in [0.15, 0.2) is 0 Å². The summed E-state index contributed by atoms with van der Waals surface area (Å²) < 4.78 is 39.9. The Morgan fingerprint density at radius 3 is 2.42 bits per heavy atom. The average molecular weight is 336 g/mol. The number of carbonyl (C=O) groups excluding carboxylic acids is 2. The fourth-order valence-electron chi connectivity index (χ4n) is 2.12. The van der Waals surface area contributed by atoms with Crippen molar-refractivity contribution in [2.24, 2.45) is 0 Å². The summed E-state index contributed by atoms with van der Waals surface area (Å²) in [5, 5.41) is 4.74. The van der Waals surface area contributed by atoms with E-state index in [1.807, 2.05) is 0 Å². The molecule has 0 spiro atoms. The standard InChI is InChI=1S/C17H15F3N2O2/c1-10(12-7-6-11(18)8-15(12)20)22-16(23)9-21-17(24)13-4-2-3-5-14(13)19/h2-8,10H,9H2,1H3,(H,21,24)(H,22,23)/t10-/m0/s1. The van der Waals surface area contributed by atoms with Crippen molar-refractivity contribution in [1.82, 2.24) is 10.6 Å². The van der Waals surface area contributed by atoms with E-state index in [0.717, 1.165) is 18.2 Å². The smallest absolute Gasteiger partial charge is 0.254 e. The first-order chi connectivity index (χ1) is 11.4. The van der Waals surface area contributed by atoms with Crippen molar-refractivity contribution in [2.45, 2.75) is 13.0 Å². The first-order valence-electron chi connectivity index (χ1n) is 7.15. The predicted octanol–water partition coefficient (Wildman–Crippen LogP) is 2.71. The molecule has 0 aliphatic rings. The summed E-state index contributed by atoms with van der Waals surface area (Å²) in [6.07, 6.45) is 0. The quantitative estimate of drug-likeness (QED) is 0.882. The maximum absolute atomic E-state index is 13.6. The molecule has 0 radical (unpaired) electrons. The van der Waals surface area contributed by atoms with Crippen molar-refractivity contribution >= 4 is 11.8 Å². The second-order valence-corrected chi connectivity index (χ2v) is 5.12. The number of rotatable bonds is 5. The third-order valence-electron chi connectivity index (χ3n) is 3.33. The molecule has 0 saturated carbocycles. The molecule has 4 nitrogen and oxygen atoms in total. The van der Waals surface area contributed by atoms with Crippen molar-refractivity contribution in [1.29, 1.82) is 0 Å². The van der Waals surface area contributed by atoms with E-state index >= 15 is 0 Å². The third-order valence-corrected chi connectivity index (χ3v) is 3.33. The summed E-state index contributed by atoms with van der Waals surface area (Å²) in [6.45, 7) is 1.12. The highest BCUT2D eigenvalue weighted by Gasteiger charge is 2.16. The first kappa shape index (κ1) is 17.5. The van der Waals surface area contributed by atoms with Crippen LogP contribution in [0.1, 0.15) is 28.9 Å². The van der Waals surface area contributed by atoms with Gasteiger partial charge >= 0.3 is 0 Å². The van der Waals surface area contributed by atoms with Gasteiger partial charge in [0, 0.05) is 11.6 Å². The molecule has 2 aromatic rings. The Bertz CT molecular complexity index is 765. The first-order valence-corrected chi connectivity index (χ1v) is 7.15. The van der Waals surface area contributed by atoms with E-state index in [2.05, 4.69) is 10.6 Å². The van der Waals surface area contributed by atoms with Crippen LogP contribution in [0.4, 0.5) is 13.2 Å². The summed E-state index contributed by atoms with van der Waals surface area (Å²) in [7, 11) is 0. The Balaban J connectivity index is 1.91. The van der Waals surface area contributed by atoms with Crippen LogP contribution in [0.3, 0.4) is 0 Å². The number of nitrogens with one attached hydrogen (secondary N) is 2. The van der Waals surface area contributed by atoms with Crippen LogP contribution in [-0.2, 0) is 4.79 Å². The van der Waals surface area contributed by atoms with Gasteiger partial charge in [0.05, 0.1) is 18.2 Å². The van der Waals surface area contributed by atoms with Crippen LogP contribution in [0, 0.1) is 17.5 Å². The minimum atomic E-state index is -0.779. The van der Waals surface area contributed by atoms with E-state index in [-0.39, 0.29) is 11.1 Å².